The average molecular weight is 526 g/mol. The molecule has 1 amide bonds. The Morgan fingerprint density at radius 1 is 1.28 bits per heavy atom. The zero-order valence-corrected chi connectivity index (χ0v) is 18.3. The van der Waals surface area contributed by atoms with Crippen molar-refractivity contribution in [1.82, 2.24) is 5.32 Å². The van der Waals surface area contributed by atoms with Crippen LogP contribution in [0, 0.1) is 9.39 Å². The first-order chi connectivity index (χ1) is 13.9. The van der Waals surface area contributed by atoms with Gasteiger partial charge in [-0.2, -0.15) is 0 Å². The molecule has 1 fully saturated rings. The van der Waals surface area contributed by atoms with Gasteiger partial charge in [-0.3, -0.25) is 4.79 Å². The highest BCUT2D eigenvalue weighted by molar-refractivity contribution is 14.1. The Kier molecular flexibility index (Phi) is 7.26. The molecule has 9 heteroatoms. The van der Waals surface area contributed by atoms with Crippen molar-refractivity contribution in [3.8, 4) is 5.75 Å². The maximum atomic E-state index is 13.0. The normalized spacial score (nSPS) is 16.2. The first-order valence-corrected chi connectivity index (χ1v) is 10.5. The quantitative estimate of drug-likeness (QED) is 0.346. The Labute approximate surface area is 184 Å². The summed E-state index contributed by atoms with van der Waals surface area (Å²) in [5.41, 5.74) is 1.35. The van der Waals surface area contributed by atoms with Crippen LogP contribution in [0.25, 0.3) is 6.08 Å². The van der Waals surface area contributed by atoms with E-state index in [-0.39, 0.29) is 18.3 Å². The van der Waals surface area contributed by atoms with Gasteiger partial charge >= 0.3 is 5.97 Å². The van der Waals surface area contributed by atoms with Crippen molar-refractivity contribution in [3.05, 3.63) is 62.3 Å². The van der Waals surface area contributed by atoms with Gasteiger partial charge in [-0.05, 0) is 89.3 Å². The highest BCUT2D eigenvalue weighted by atomic mass is 127. The fourth-order valence-corrected chi connectivity index (χ4v) is 3.86. The number of carbonyl (C=O) groups excluding carboxylic acids is 2. The molecule has 1 N–H and O–H groups in total. The van der Waals surface area contributed by atoms with Crippen molar-refractivity contribution >= 4 is 63.2 Å². The van der Waals surface area contributed by atoms with Gasteiger partial charge < -0.3 is 14.8 Å². The zero-order chi connectivity index (χ0) is 20.8. The van der Waals surface area contributed by atoms with E-state index < -0.39 is 5.97 Å². The molecule has 0 aliphatic carbocycles. The van der Waals surface area contributed by atoms with Crippen LogP contribution in [-0.2, 0) is 14.3 Å². The summed E-state index contributed by atoms with van der Waals surface area (Å²) in [6.07, 6.45) is 1.74. The third-order valence-electron chi connectivity index (χ3n) is 3.61. The summed E-state index contributed by atoms with van der Waals surface area (Å²) in [6.45, 7) is 1.88. The van der Waals surface area contributed by atoms with E-state index >= 15 is 0 Å². The highest BCUT2D eigenvalue weighted by Crippen LogP contribution is 2.30. The maximum Gasteiger partial charge on any atom is 0.344 e. The molecule has 2 aromatic rings. The largest absolute Gasteiger partial charge is 0.481 e. The predicted molar refractivity (Wildman–Crippen MR) is 118 cm³/mol. The Bertz CT molecular complexity index is 992. The summed E-state index contributed by atoms with van der Waals surface area (Å²) in [5, 5.41) is 3.12. The van der Waals surface area contributed by atoms with Crippen molar-refractivity contribution in [1.29, 1.82) is 0 Å². The number of nitrogens with one attached hydrogen (secondary N) is 1. The summed E-state index contributed by atoms with van der Waals surface area (Å²) in [7, 11) is 0. The lowest BCUT2D eigenvalue weighted by atomic mass is 10.2. The zero-order valence-electron chi connectivity index (χ0n) is 15.3. The number of benzene rings is 2. The van der Waals surface area contributed by atoms with Crippen LogP contribution < -0.4 is 10.1 Å². The van der Waals surface area contributed by atoms with Gasteiger partial charge in [0.1, 0.15) is 11.6 Å². The molecule has 0 atom stereocenters. The van der Waals surface area contributed by atoms with E-state index in [0.717, 1.165) is 9.13 Å². The van der Waals surface area contributed by atoms with Crippen LogP contribution in [0.2, 0.25) is 0 Å². The summed E-state index contributed by atoms with van der Waals surface area (Å²) in [5.74, 6) is -0.472. The third kappa shape index (κ3) is 6.04. The van der Waals surface area contributed by atoms with Gasteiger partial charge in [0.15, 0.2) is 11.8 Å². The molecular formula is C20H16FIN2O4S. The second-order valence-corrected chi connectivity index (χ2v) is 7.93. The molecule has 0 radical (unpaired) electrons. The van der Waals surface area contributed by atoms with Crippen LogP contribution in [0.3, 0.4) is 0 Å². The lowest BCUT2D eigenvalue weighted by Crippen LogP contribution is -2.19. The number of rotatable bonds is 6. The lowest BCUT2D eigenvalue weighted by Gasteiger charge is -2.08. The Morgan fingerprint density at radius 2 is 2.03 bits per heavy atom. The number of hydrogen-bond donors (Lipinski definition) is 1. The number of aliphatic imine (C=N–C) groups is 1. The van der Waals surface area contributed by atoms with Crippen molar-refractivity contribution in [3.63, 3.8) is 0 Å². The van der Waals surface area contributed by atoms with Gasteiger partial charge in [0.2, 0.25) is 0 Å². The first kappa shape index (κ1) is 21.3. The predicted octanol–water partition coefficient (Wildman–Crippen LogP) is 4.26. The van der Waals surface area contributed by atoms with E-state index in [0.29, 0.717) is 28.1 Å². The maximum absolute atomic E-state index is 13.0. The molecule has 0 aromatic heterocycles. The van der Waals surface area contributed by atoms with Crippen LogP contribution in [0.1, 0.15) is 12.5 Å². The molecule has 3 rings (SSSR count). The van der Waals surface area contributed by atoms with Crippen LogP contribution in [0.15, 0.2) is 52.4 Å². The molecule has 0 spiro atoms. The Balaban J connectivity index is 1.69. The number of amides is 1. The molecule has 29 heavy (non-hydrogen) atoms. The number of ether oxygens (including phenoxy) is 2. The number of nitrogens with zero attached hydrogens (tertiary/aromatic N) is 1. The molecule has 0 bridgehead atoms. The Hall–Kier alpha value is -2.40. The van der Waals surface area contributed by atoms with Crippen LogP contribution >= 0.6 is 34.4 Å². The fourth-order valence-electron chi connectivity index (χ4n) is 2.33. The van der Waals surface area contributed by atoms with Crippen molar-refractivity contribution in [2.45, 2.75) is 6.92 Å². The summed E-state index contributed by atoms with van der Waals surface area (Å²) < 4.78 is 24.1. The number of halogens is 2. The van der Waals surface area contributed by atoms with Gasteiger partial charge in [-0.15, -0.1) is 0 Å². The molecule has 0 unspecified atom stereocenters. The smallest absolute Gasteiger partial charge is 0.344 e. The minimum absolute atomic E-state index is 0.161. The Morgan fingerprint density at radius 3 is 2.72 bits per heavy atom. The molecule has 1 aliphatic rings. The number of amidine groups is 1. The van der Waals surface area contributed by atoms with Crippen molar-refractivity contribution in [2.24, 2.45) is 4.99 Å². The van der Waals surface area contributed by atoms with Crippen LogP contribution in [-0.4, -0.2) is 30.3 Å². The molecule has 0 saturated carbocycles. The molecular weight excluding hydrogens is 510 g/mol. The number of carbonyl (C=O) groups is 2. The van der Waals surface area contributed by atoms with E-state index in [4.69, 9.17) is 9.47 Å². The minimum atomic E-state index is -0.429. The van der Waals surface area contributed by atoms with Gasteiger partial charge in [0.05, 0.1) is 20.8 Å². The van der Waals surface area contributed by atoms with Gasteiger partial charge in [0, 0.05) is 0 Å². The number of esters is 1. The first-order valence-electron chi connectivity index (χ1n) is 8.57. The summed E-state index contributed by atoms with van der Waals surface area (Å²) in [4.78, 5) is 28.4. The second-order valence-electron chi connectivity index (χ2n) is 5.74. The molecule has 150 valence electrons. The van der Waals surface area contributed by atoms with E-state index in [2.05, 4.69) is 32.9 Å². The minimum Gasteiger partial charge on any atom is -0.481 e. The van der Waals surface area contributed by atoms with Crippen LogP contribution in [0.5, 0.6) is 5.75 Å². The van der Waals surface area contributed by atoms with E-state index in [9.17, 15) is 14.0 Å². The molecule has 1 saturated heterocycles. The molecule has 1 heterocycles. The highest BCUT2D eigenvalue weighted by Gasteiger charge is 2.24. The fraction of sp³-hybridized carbons (Fsp3) is 0.150. The monoisotopic (exact) mass is 526 g/mol. The number of hydrogen-bond acceptors (Lipinski definition) is 6. The van der Waals surface area contributed by atoms with Crippen LogP contribution in [0.4, 0.5) is 10.1 Å². The van der Waals surface area contributed by atoms with E-state index in [1.54, 1.807) is 25.1 Å². The lowest BCUT2D eigenvalue weighted by molar-refractivity contribution is -0.145. The molecule has 2 aromatic carbocycles. The van der Waals surface area contributed by atoms with E-state index in [1.165, 1.54) is 36.0 Å². The molecule has 6 nitrogen and oxygen atoms in total. The van der Waals surface area contributed by atoms with Gasteiger partial charge in [-0.25, -0.2) is 14.2 Å². The standard InChI is InChI=1S/C20H16FIN2O4S/c1-2-27-18(25)11-28-16-8-3-12(9-15(16)22)10-17-19(26)24-20(29-17)23-14-6-4-13(21)5-7-14/h3-10H,2,11H2,1H3,(H,23,24,26)/b17-10+. The molecule has 1 aliphatic heterocycles. The third-order valence-corrected chi connectivity index (χ3v) is 5.37. The number of thioether (sulfide) groups is 1. The van der Waals surface area contributed by atoms with Gasteiger partial charge in [-0.1, -0.05) is 6.07 Å². The topological polar surface area (TPSA) is 77.0 Å². The average Bonchev–Trinajstić information content (AvgIpc) is 3.02. The second kappa shape index (κ2) is 9.88. The summed E-state index contributed by atoms with van der Waals surface area (Å²) in [6, 6.07) is 11.1. The van der Waals surface area contributed by atoms with Crippen molar-refractivity contribution in [2.75, 3.05) is 13.2 Å². The van der Waals surface area contributed by atoms with Crippen molar-refractivity contribution < 1.29 is 23.5 Å². The SMILES string of the molecule is CCOC(=O)COc1ccc(/C=C2/SC(=Nc3ccc(F)cc3)NC2=O)cc1I. The van der Waals surface area contributed by atoms with E-state index in [1.807, 2.05) is 6.07 Å². The summed E-state index contributed by atoms with van der Waals surface area (Å²) >= 11 is 3.30. The van der Waals surface area contributed by atoms with Gasteiger partial charge in [0.25, 0.3) is 5.91 Å².